The van der Waals surface area contributed by atoms with Crippen molar-refractivity contribution in [2.75, 3.05) is 67.0 Å². The quantitative estimate of drug-likeness (QED) is 0.486. The van der Waals surface area contributed by atoms with Crippen molar-refractivity contribution in [1.29, 1.82) is 0 Å². The highest BCUT2D eigenvalue weighted by Gasteiger charge is 2.45. The molecule has 36 heavy (non-hydrogen) atoms. The molecule has 1 unspecified atom stereocenters. The number of hydrogen-bond donors (Lipinski definition) is 2. The lowest BCUT2D eigenvalue weighted by molar-refractivity contribution is -0.193. The van der Waals surface area contributed by atoms with Crippen molar-refractivity contribution in [1.82, 2.24) is 19.6 Å². The molecule has 3 rings (SSSR count). The van der Waals surface area contributed by atoms with Gasteiger partial charge in [-0.25, -0.2) is 14.4 Å². The van der Waals surface area contributed by atoms with Crippen LogP contribution in [0.4, 0.5) is 31.1 Å². The minimum absolute atomic E-state index is 0.0249. The van der Waals surface area contributed by atoms with Crippen molar-refractivity contribution in [3.05, 3.63) is 0 Å². The highest BCUT2D eigenvalue weighted by atomic mass is 19.4. The minimum Gasteiger partial charge on any atom is -0.475 e. The summed E-state index contributed by atoms with van der Waals surface area (Å²) >= 11 is 0. The zero-order valence-electron chi connectivity index (χ0n) is 20.2. The lowest BCUT2D eigenvalue weighted by Gasteiger charge is -2.40. The first-order valence-electron chi connectivity index (χ1n) is 11.0. The highest BCUT2D eigenvalue weighted by molar-refractivity contribution is 5.74. The Bertz CT molecular complexity index is 724. The van der Waals surface area contributed by atoms with E-state index in [4.69, 9.17) is 24.5 Å². The third kappa shape index (κ3) is 9.97. The van der Waals surface area contributed by atoms with Crippen molar-refractivity contribution in [3.8, 4) is 0 Å². The van der Waals surface area contributed by atoms with E-state index in [1.54, 1.807) is 4.90 Å². The molecule has 3 aliphatic rings. The van der Waals surface area contributed by atoms with Crippen molar-refractivity contribution in [2.45, 2.75) is 43.3 Å². The number of hydrogen-bond acceptors (Lipinski definition) is 6. The number of carboxylic acids is 2. The van der Waals surface area contributed by atoms with Crippen LogP contribution in [0.5, 0.6) is 0 Å². The molecule has 3 heterocycles. The van der Waals surface area contributed by atoms with Gasteiger partial charge in [0.1, 0.15) is 0 Å². The van der Waals surface area contributed by atoms with Crippen LogP contribution in [-0.4, -0.2) is 139 Å². The second-order valence-corrected chi connectivity index (χ2v) is 8.96. The molecular formula is C20H32F6N4O6. The summed E-state index contributed by atoms with van der Waals surface area (Å²) in [6, 6.07) is 0.702. The van der Waals surface area contributed by atoms with Crippen LogP contribution in [0.25, 0.3) is 0 Å². The van der Waals surface area contributed by atoms with Gasteiger partial charge < -0.3 is 29.6 Å². The number of amides is 2. The maximum atomic E-state index is 12.0. The highest BCUT2D eigenvalue weighted by Crippen LogP contribution is 2.38. The number of carbonyl (C=O) groups excluding carboxylic acids is 1. The lowest BCUT2D eigenvalue weighted by Crippen LogP contribution is -2.51. The molecule has 0 aromatic rings. The maximum absolute atomic E-state index is 12.0. The summed E-state index contributed by atoms with van der Waals surface area (Å²) < 4.78 is 69.7. The molecular weight excluding hydrogens is 506 g/mol. The molecule has 3 saturated heterocycles. The van der Waals surface area contributed by atoms with Crippen LogP contribution >= 0.6 is 0 Å². The van der Waals surface area contributed by atoms with E-state index in [0.29, 0.717) is 6.04 Å². The Labute approximate surface area is 204 Å². The van der Waals surface area contributed by atoms with Crippen LogP contribution in [0.3, 0.4) is 0 Å². The molecule has 3 fully saturated rings. The van der Waals surface area contributed by atoms with Crippen molar-refractivity contribution >= 4 is 18.0 Å². The van der Waals surface area contributed by atoms with Crippen LogP contribution in [0.2, 0.25) is 0 Å². The topological polar surface area (TPSA) is 114 Å². The monoisotopic (exact) mass is 538 g/mol. The zero-order chi connectivity index (χ0) is 27.9. The van der Waals surface area contributed by atoms with E-state index in [2.05, 4.69) is 16.8 Å². The number of piperidine rings is 1. The minimum atomic E-state index is -5.08. The van der Waals surface area contributed by atoms with Gasteiger partial charge in [-0.15, -0.1) is 0 Å². The molecule has 0 saturated carbocycles. The molecule has 2 amide bonds. The number of halogens is 6. The van der Waals surface area contributed by atoms with Crippen molar-refractivity contribution in [2.24, 2.45) is 0 Å². The summed E-state index contributed by atoms with van der Waals surface area (Å²) in [5.74, 6) is -5.51. The van der Waals surface area contributed by atoms with Crippen LogP contribution in [0.1, 0.15) is 19.3 Å². The molecule has 2 N–H and O–H groups in total. The number of ether oxygens (including phenoxy) is 1. The van der Waals surface area contributed by atoms with Gasteiger partial charge in [-0.05, 0) is 26.3 Å². The van der Waals surface area contributed by atoms with Crippen LogP contribution in [-0.2, 0) is 14.3 Å². The number of nitrogens with zero attached hydrogens (tertiary/aromatic N) is 4. The molecule has 210 valence electrons. The normalized spacial score (nSPS) is 22.7. The Hall–Kier alpha value is -2.33. The first-order valence-corrected chi connectivity index (χ1v) is 11.0. The average Bonchev–Trinajstić information content (AvgIpc) is 3.17. The van der Waals surface area contributed by atoms with Gasteiger partial charge in [0.2, 0.25) is 0 Å². The van der Waals surface area contributed by atoms with Gasteiger partial charge in [0.15, 0.2) is 0 Å². The number of piperazine rings is 1. The number of carbonyl (C=O) groups is 3. The summed E-state index contributed by atoms with van der Waals surface area (Å²) in [5, 5.41) is 14.2. The molecule has 1 spiro atoms. The van der Waals surface area contributed by atoms with E-state index >= 15 is 0 Å². The molecule has 0 aromatic heterocycles. The van der Waals surface area contributed by atoms with E-state index in [0.717, 1.165) is 65.1 Å². The molecule has 3 aliphatic heterocycles. The fourth-order valence-corrected chi connectivity index (χ4v) is 3.98. The summed E-state index contributed by atoms with van der Waals surface area (Å²) in [6.45, 7) is 7.16. The Morgan fingerprint density at radius 1 is 0.861 bits per heavy atom. The number of rotatable bonds is 1. The third-order valence-electron chi connectivity index (χ3n) is 6.06. The lowest BCUT2D eigenvalue weighted by atomic mass is 9.87. The van der Waals surface area contributed by atoms with Crippen LogP contribution in [0, 0.1) is 0 Å². The predicted octanol–water partition coefficient (Wildman–Crippen LogP) is 1.81. The number of carboxylic acid groups (broad SMARTS) is 2. The standard InChI is InChI=1S/C16H30N4O2.2C2HF3O2/c1-17(2)15(21)20-6-4-16(5-7-20)12-14(13-22-16)19-10-8-18(3)9-11-19;2*3-2(4,5)1(6)7/h14H,4-13H2,1-3H3;2*(H,6,7). The molecule has 16 heteroatoms. The largest absolute Gasteiger partial charge is 0.490 e. The van der Waals surface area contributed by atoms with E-state index in [9.17, 15) is 31.1 Å². The number of likely N-dealkylation sites (N-methyl/N-ethyl adjacent to an activating group) is 1. The van der Waals surface area contributed by atoms with Crippen LogP contribution in [0.15, 0.2) is 0 Å². The second-order valence-electron chi connectivity index (χ2n) is 8.96. The fourth-order valence-electron chi connectivity index (χ4n) is 3.98. The predicted molar refractivity (Wildman–Crippen MR) is 113 cm³/mol. The van der Waals surface area contributed by atoms with E-state index < -0.39 is 24.3 Å². The second kappa shape index (κ2) is 12.8. The first-order chi connectivity index (χ1) is 16.4. The van der Waals surface area contributed by atoms with Crippen molar-refractivity contribution < 1.29 is 55.7 Å². The zero-order valence-corrected chi connectivity index (χ0v) is 20.2. The Morgan fingerprint density at radius 3 is 1.64 bits per heavy atom. The van der Waals surface area contributed by atoms with Gasteiger partial charge in [-0.2, -0.15) is 26.3 Å². The summed E-state index contributed by atoms with van der Waals surface area (Å²) in [6.07, 6.45) is -7.06. The van der Waals surface area contributed by atoms with Gasteiger partial charge in [0.25, 0.3) is 0 Å². The van der Waals surface area contributed by atoms with Gasteiger partial charge >= 0.3 is 30.3 Å². The Balaban J connectivity index is 0.000000383. The number of aliphatic carboxylic acids is 2. The van der Waals surface area contributed by atoms with Gasteiger partial charge in [0, 0.05) is 59.4 Å². The van der Waals surface area contributed by atoms with E-state index in [1.165, 1.54) is 0 Å². The Morgan fingerprint density at radius 2 is 1.28 bits per heavy atom. The molecule has 1 atom stereocenters. The molecule has 0 aliphatic carbocycles. The number of alkyl halides is 6. The fraction of sp³-hybridized carbons (Fsp3) is 0.850. The van der Waals surface area contributed by atoms with E-state index in [1.807, 2.05) is 19.0 Å². The van der Waals surface area contributed by atoms with Crippen molar-refractivity contribution in [3.63, 3.8) is 0 Å². The Kier molecular flexibility index (Phi) is 11.2. The first kappa shape index (κ1) is 31.7. The molecule has 0 radical (unpaired) electrons. The van der Waals surface area contributed by atoms with Gasteiger partial charge in [-0.1, -0.05) is 0 Å². The average molecular weight is 538 g/mol. The summed E-state index contributed by atoms with van der Waals surface area (Å²) in [4.78, 5) is 38.5. The maximum Gasteiger partial charge on any atom is 0.490 e. The van der Waals surface area contributed by atoms with Crippen LogP contribution < -0.4 is 0 Å². The smallest absolute Gasteiger partial charge is 0.475 e. The third-order valence-corrected chi connectivity index (χ3v) is 6.06. The SMILES string of the molecule is CN1CCN(C2COC3(CCN(C(=O)N(C)C)CC3)C2)CC1.O=C(O)C(F)(F)F.O=C(O)C(F)(F)F. The van der Waals surface area contributed by atoms with E-state index in [-0.39, 0.29) is 11.6 Å². The summed E-state index contributed by atoms with van der Waals surface area (Å²) in [5.41, 5.74) is 0.0249. The van der Waals surface area contributed by atoms with Gasteiger partial charge in [0.05, 0.1) is 12.2 Å². The van der Waals surface area contributed by atoms with Gasteiger partial charge in [-0.3, -0.25) is 4.90 Å². The molecule has 10 nitrogen and oxygen atoms in total. The number of urea groups is 1. The molecule has 0 aromatic carbocycles. The summed E-state index contributed by atoms with van der Waals surface area (Å²) in [7, 11) is 5.84. The number of likely N-dealkylation sites (tertiary alicyclic amines) is 1. The molecule has 0 bridgehead atoms.